The maximum absolute atomic E-state index is 11.2. The zero-order chi connectivity index (χ0) is 9.90. The zero-order valence-electron chi connectivity index (χ0n) is 7.66. The van der Waals surface area contributed by atoms with Crippen LogP contribution in [0.1, 0.15) is 26.2 Å². The van der Waals surface area contributed by atoms with Crippen LogP contribution in [0.15, 0.2) is 0 Å². The van der Waals surface area contributed by atoms with E-state index in [9.17, 15) is 8.42 Å². The van der Waals surface area contributed by atoms with Crippen molar-refractivity contribution in [2.45, 2.75) is 32.2 Å². The molecule has 74 valence electrons. The number of sulfonamides is 1. The Balaban J connectivity index is 2.46. The first-order valence-corrected chi connectivity index (χ1v) is 6.05. The molecule has 0 aromatic heterocycles. The van der Waals surface area contributed by atoms with E-state index in [4.69, 9.17) is 5.26 Å². The summed E-state index contributed by atoms with van der Waals surface area (Å²) in [6.45, 7) is 2.11. The summed E-state index contributed by atoms with van der Waals surface area (Å²) in [6.07, 6.45) is 2.86. The van der Waals surface area contributed by atoms with E-state index < -0.39 is 15.8 Å². The van der Waals surface area contributed by atoms with Crippen LogP contribution >= 0.6 is 0 Å². The third kappa shape index (κ3) is 3.33. The Morgan fingerprint density at radius 2 is 2.23 bits per heavy atom. The average Bonchev–Trinajstić information content (AvgIpc) is 2.34. The molecule has 0 amide bonds. The first-order chi connectivity index (χ1) is 6.03. The molecule has 1 N–H and O–H groups in total. The molecule has 0 bridgehead atoms. The molecule has 4 nitrogen and oxygen atoms in total. The molecule has 0 aliphatic heterocycles. The van der Waals surface area contributed by atoms with E-state index in [1.165, 1.54) is 0 Å². The van der Waals surface area contributed by atoms with Crippen LogP contribution in [0.5, 0.6) is 0 Å². The topological polar surface area (TPSA) is 70.0 Å². The molecule has 0 heterocycles. The van der Waals surface area contributed by atoms with Crippen molar-refractivity contribution in [1.82, 2.24) is 4.72 Å². The van der Waals surface area contributed by atoms with Gasteiger partial charge in [-0.1, -0.05) is 6.92 Å². The largest absolute Gasteiger partial charge is 0.225 e. The van der Waals surface area contributed by atoms with Gasteiger partial charge in [0.15, 0.2) is 5.75 Å². The van der Waals surface area contributed by atoms with Crippen LogP contribution in [0.3, 0.4) is 0 Å². The SMILES string of the molecule is CC1CCC(NS(=O)(=O)CC#N)C1. The third-order valence-electron chi connectivity index (χ3n) is 2.30. The molecular weight excluding hydrogens is 188 g/mol. The van der Waals surface area contributed by atoms with Gasteiger partial charge in [-0.05, 0) is 25.2 Å². The van der Waals surface area contributed by atoms with E-state index in [-0.39, 0.29) is 6.04 Å². The quantitative estimate of drug-likeness (QED) is 0.729. The van der Waals surface area contributed by atoms with Gasteiger partial charge in [-0.3, -0.25) is 0 Å². The first-order valence-electron chi connectivity index (χ1n) is 4.40. The number of rotatable bonds is 3. The van der Waals surface area contributed by atoms with Crippen LogP contribution in [0.2, 0.25) is 0 Å². The lowest BCUT2D eigenvalue weighted by Crippen LogP contribution is -2.34. The highest BCUT2D eigenvalue weighted by molar-refractivity contribution is 7.89. The predicted molar refractivity (Wildman–Crippen MR) is 49.3 cm³/mol. The number of nitrogens with zero attached hydrogens (tertiary/aromatic N) is 1. The Kier molecular flexibility index (Phi) is 3.28. The lowest BCUT2D eigenvalue weighted by atomic mass is 10.1. The molecule has 2 atom stereocenters. The van der Waals surface area contributed by atoms with Crippen molar-refractivity contribution in [3.8, 4) is 6.07 Å². The molecule has 1 aliphatic carbocycles. The summed E-state index contributed by atoms with van der Waals surface area (Å²) in [5, 5.41) is 8.26. The summed E-state index contributed by atoms with van der Waals surface area (Å²) < 4.78 is 24.9. The van der Waals surface area contributed by atoms with Crippen molar-refractivity contribution in [3.63, 3.8) is 0 Å². The van der Waals surface area contributed by atoms with Gasteiger partial charge in [0.1, 0.15) is 0 Å². The summed E-state index contributed by atoms with van der Waals surface area (Å²) in [6, 6.07) is 1.69. The van der Waals surface area contributed by atoms with Gasteiger partial charge in [0.2, 0.25) is 10.0 Å². The third-order valence-corrected chi connectivity index (χ3v) is 3.50. The van der Waals surface area contributed by atoms with E-state index >= 15 is 0 Å². The molecular formula is C8H14N2O2S. The van der Waals surface area contributed by atoms with Crippen LogP contribution in [-0.4, -0.2) is 20.2 Å². The van der Waals surface area contributed by atoms with Gasteiger partial charge in [-0.25, -0.2) is 13.1 Å². The van der Waals surface area contributed by atoms with Gasteiger partial charge >= 0.3 is 0 Å². The second-order valence-corrected chi connectivity index (χ2v) is 5.40. The molecule has 5 heteroatoms. The Bertz CT molecular complexity index is 305. The van der Waals surface area contributed by atoms with E-state index in [2.05, 4.69) is 11.6 Å². The summed E-state index contributed by atoms with van der Waals surface area (Å²) in [5.74, 6) is 0.160. The normalized spacial score (nSPS) is 28.6. The molecule has 0 saturated heterocycles. The van der Waals surface area contributed by atoms with Gasteiger partial charge in [-0.15, -0.1) is 0 Å². The standard InChI is InChI=1S/C8H14N2O2S/c1-7-2-3-8(6-7)10-13(11,12)5-4-9/h7-8,10H,2-3,5-6H2,1H3. The van der Waals surface area contributed by atoms with Crippen LogP contribution in [0, 0.1) is 17.2 Å². The minimum Gasteiger partial charge on any atom is -0.211 e. The lowest BCUT2D eigenvalue weighted by molar-refractivity contribution is 0.541. The van der Waals surface area contributed by atoms with Gasteiger partial charge in [0.25, 0.3) is 0 Å². The number of nitriles is 1. The van der Waals surface area contributed by atoms with Crippen LogP contribution in [0.25, 0.3) is 0 Å². The zero-order valence-corrected chi connectivity index (χ0v) is 8.47. The first kappa shape index (κ1) is 10.5. The van der Waals surface area contributed by atoms with Crippen molar-refractivity contribution < 1.29 is 8.42 Å². The van der Waals surface area contributed by atoms with Gasteiger partial charge < -0.3 is 0 Å². The van der Waals surface area contributed by atoms with E-state index in [1.807, 2.05) is 0 Å². The number of hydrogen-bond donors (Lipinski definition) is 1. The molecule has 0 aromatic rings. The second-order valence-electron chi connectivity index (χ2n) is 3.65. The highest BCUT2D eigenvalue weighted by Gasteiger charge is 2.25. The predicted octanol–water partition coefficient (Wildman–Crippen LogP) is 0.618. The second kappa shape index (κ2) is 4.07. The molecule has 2 unspecified atom stereocenters. The van der Waals surface area contributed by atoms with Gasteiger partial charge in [-0.2, -0.15) is 5.26 Å². The number of nitrogens with one attached hydrogen (secondary N) is 1. The Hall–Kier alpha value is -0.600. The monoisotopic (exact) mass is 202 g/mol. The fourth-order valence-corrected chi connectivity index (χ4v) is 2.67. The summed E-state index contributed by atoms with van der Waals surface area (Å²) in [5.41, 5.74) is 0. The molecule has 0 spiro atoms. The summed E-state index contributed by atoms with van der Waals surface area (Å²) in [7, 11) is -3.35. The molecule has 1 saturated carbocycles. The van der Waals surface area contributed by atoms with E-state index in [1.54, 1.807) is 6.07 Å². The molecule has 1 fully saturated rings. The van der Waals surface area contributed by atoms with E-state index in [0.717, 1.165) is 19.3 Å². The average molecular weight is 202 g/mol. The van der Waals surface area contributed by atoms with Crippen LogP contribution < -0.4 is 4.72 Å². The van der Waals surface area contributed by atoms with E-state index in [0.29, 0.717) is 5.92 Å². The summed E-state index contributed by atoms with van der Waals surface area (Å²) >= 11 is 0. The highest BCUT2D eigenvalue weighted by Crippen LogP contribution is 2.24. The molecule has 0 radical (unpaired) electrons. The van der Waals surface area contributed by atoms with Crippen molar-refractivity contribution in [1.29, 1.82) is 5.26 Å². The maximum Gasteiger partial charge on any atom is 0.225 e. The van der Waals surface area contributed by atoms with Gasteiger partial charge in [0.05, 0.1) is 6.07 Å². The number of hydrogen-bond acceptors (Lipinski definition) is 3. The molecule has 1 aliphatic rings. The smallest absolute Gasteiger partial charge is 0.211 e. The fraction of sp³-hybridized carbons (Fsp3) is 0.875. The van der Waals surface area contributed by atoms with Gasteiger partial charge in [0, 0.05) is 6.04 Å². The molecule has 13 heavy (non-hydrogen) atoms. The molecule has 1 rings (SSSR count). The lowest BCUT2D eigenvalue weighted by Gasteiger charge is -2.10. The van der Waals surface area contributed by atoms with Crippen molar-refractivity contribution >= 4 is 10.0 Å². The van der Waals surface area contributed by atoms with Crippen LogP contribution in [-0.2, 0) is 10.0 Å². The highest BCUT2D eigenvalue weighted by atomic mass is 32.2. The minimum absolute atomic E-state index is 0.0494. The maximum atomic E-state index is 11.2. The van der Waals surface area contributed by atoms with Crippen molar-refractivity contribution in [3.05, 3.63) is 0 Å². The molecule has 0 aromatic carbocycles. The van der Waals surface area contributed by atoms with Crippen molar-refractivity contribution in [2.75, 3.05) is 5.75 Å². The summed E-state index contributed by atoms with van der Waals surface area (Å²) in [4.78, 5) is 0. The van der Waals surface area contributed by atoms with Crippen molar-refractivity contribution in [2.24, 2.45) is 5.92 Å². The Morgan fingerprint density at radius 3 is 2.69 bits per heavy atom. The Morgan fingerprint density at radius 1 is 1.54 bits per heavy atom. The van der Waals surface area contributed by atoms with Crippen LogP contribution in [0.4, 0.5) is 0 Å². The minimum atomic E-state index is -3.35. The Labute approximate surface area is 79.0 Å². The fourth-order valence-electron chi connectivity index (χ4n) is 1.69.